The number of carbonyl (C=O) groups is 1. The summed E-state index contributed by atoms with van der Waals surface area (Å²) in [5.74, 6) is 0.629. The van der Waals surface area contributed by atoms with Gasteiger partial charge in [-0.15, -0.1) is 0 Å². The Labute approximate surface area is 121 Å². The van der Waals surface area contributed by atoms with Crippen molar-refractivity contribution in [2.75, 3.05) is 7.11 Å². The number of benzene rings is 1. The van der Waals surface area contributed by atoms with Crippen LogP contribution >= 0.6 is 0 Å². The predicted octanol–water partition coefficient (Wildman–Crippen LogP) is 4.00. The normalized spacial score (nSPS) is 11.7. The number of ether oxygens (including phenoxy) is 2. The SMILES string of the molecule is CC=Cc1ccc(OC)cc1CCC(=O)OC(C)(C)C. The molecular weight excluding hydrogens is 252 g/mol. The summed E-state index contributed by atoms with van der Waals surface area (Å²) in [4.78, 5) is 11.8. The maximum absolute atomic E-state index is 11.8. The Kier molecular flexibility index (Phi) is 5.81. The summed E-state index contributed by atoms with van der Waals surface area (Å²) in [6, 6.07) is 5.90. The van der Waals surface area contributed by atoms with E-state index in [2.05, 4.69) is 0 Å². The molecule has 3 heteroatoms. The molecule has 0 fully saturated rings. The second-order valence-electron chi connectivity index (χ2n) is 5.65. The van der Waals surface area contributed by atoms with E-state index in [0.717, 1.165) is 16.9 Å². The zero-order valence-electron chi connectivity index (χ0n) is 13.0. The van der Waals surface area contributed by atoms with Gasteiger partial charge < -0.3 is 9.47 Å². The van der Waals surface area contributed by atoms with Crippen LogP contribution in [0.5, 0.6) is 5.75 Å². The fourth-order valence-corrected chi connectivity index (χ4v) is 1.90. The van der Waals surface area contributed by atoms with Gasteiger partial charge in [-0.2, -0.15) is 0 Å². The van der Waals surface area contributed by atoms with E-state index in [1.165, 1.54) is 0 Å². The molecule has 0 saturated heterocycles. The molecule has 0 unspecified atom stereocenters. The number of hydrogen-bond acceptors (Lipinski definition) is 3. The average Bonchev–Trinajstić information content (AvgIpc) is 2.36. The van der Waals surface area contributed by atoms with Crippen molar-refractivity contribution in [2.45, 2.75) is 46.1 Å². The quantitative estimate of drug-likeness (QED) is 0.762. The number of hydrogen-bond donors (Lipinski definition) is 0. The summed E-state index contributed by atoms with van der Waals surface area (Å²) in [5, 5.41) is 0. The Hall–Kier alpha value is -1.77. The zero-order valence-corrected chi connectivity index (χ0v) is 13.0. The van der Waals surface area contributed by atoms with Crippen LogP contribution in [-0.4, -0.2) is 18.7 Å². The molecule has 0 aliphatic heterocycles. The minimum Gasteiger partial charge on any atom is -0.497 e. The lowest BCUT2D eigenvalue weighted by molar-refractivity contribution is -0.154. The molecule has 0 spiro atoms. The van der Waals surface area contributed by atoms with E-state index >= 15 is 0 Å². The maximum atomic E-state index is 11.8. The summed E-state index contributed by atoms with van der Waals surface area (Å²) < 4.78 is 10.6. The zero-order chi connectivity index (χ0) is 15.2. The topological polar surface area (TPSA) is 35.5 Å². The Morgan fingerprint density at radius 2 is 2.00 bits per heavy atom. The summed E-state index contributed by atoms with van der Waals surface area (Å²) in [6.45, 7) is 7.60. The number of aryl methyl sites for hydroxylation is 1. The van der Waals surface area contributed by atoms with Gasteiger partial charge in [0.25, 0.3) is 0 Å². The van der Waals surface area contributed by atoms with E-state index in [0.29, 0.717) is 12.8 Å². The van der Waals surface area contributed by atoms with Gasteiger partial charge in [0.2, 0.25) is 0 Å². The van der Waals surface area contributed by atoms with Crippen molar-refractivity contribution < 1.29 is 14.3 Å². The Morgan fingerprint density at radius 1 is 1.30 bits per heavy atom. The van der Waals surface area contributed by atoms with Crippen LogP contribution in [-0.2, 0) is 16.0 Å². The molecule has 0 amide bonds. The highest BCUT2D eigenvalue weighted by molar-refractivity contribution is 5.70. The van der Waals surface area contributed by atoms with Gasteiger partial charge in [0.1, 0.15) is 11.4 Å². The summed E-state index contributed by atoms with van der Waals surface area (Å²) in [6.07, 6.45) is 5.03. The fourth-order valence-electron chi connectivity index (χ4n) is 1.90. The van der Waals surface area contributed by atoms with Gasteiger partial charge >= 0.3 is 5.97 Å². The first-order valence-corrected chi connectivity index (χ1v) is 6.87. The number of allylic oxidation sites excluding steroid dienone is 1. The van der Waals surface area contributed by atoms with Crippen LogP contribution in [0.25, 0.3) is 6.08 Å². The summed E-state index contributed by atoms with van der Waals surface area (Å²) >= 11 is 0. The van der Waals surface area contributed by atoms with Crippen LogP contribution in [0.1, 0.15) is 45.2 Å². The average molecular weight is 276 g/mol. The van der Waals surface area contributed by atoms with Gasteiger partial charge in [-0.3, -0.25) is 4.79 Å². The number of carbonyl (C=O) groups excluding carboxylic acids is 1. The lowest BCUT2D eigenvalue weighted by atomic mass is 10.0. The van der Waals surface area contributed by atoms with E-state index in [1.54, 1.807) is 7.11 Å². The highest BCUT2D eigenvalue weighted by atomic mass is 16.6. The van der Waals surface area contributed by atoms with Gasteiger partial charge in [-0.1, -0.05) is 18.2 Å². The van der Waals surface area contributed by atoms with E-state index in [4.69, 9.17) is 9.47 Å². The Balaban J connectivity index is 2.77. The molecule has 0 aliphatic rings. The van der Waals surface area contributed by atoms with E-state index in [-0.39, 0.29) is 5.97 Å². The minimum atomic E-state index is -0.433. The van der Waals surface area contributed by atoms with E-state index < -0.39 is 5.60 Å². The smallest absolute Gasteiger partial charge is 0.306 e. The second-order valence-corrected chi connectivity index (χ2v) is 5.65. The molecule has 3 nitrogen and oxygen atoms in total. The number of methoxy groups -OCH3 is 1. The molecule has 1 aromatic rings. The van der Waals surface area contributed by atoms with Crippen molar-refractivity contribution in [3.05, 3.63) is 35.4 Å². The van der Waals surface area contributed by atoms with Gasteiger partial charge in [-0.25, -0.2) is 0 Å². The highest BCUT2D eigenvalue weighted by Crippen LogP contribution is 2.21. The third-order valence-corrected chi connectivity index (χ3v) is 2.71. The minimum absolute atomic E-state index is 0.174. The number of rotatable bonds is 5. The van der Waals surface area contributed by atoms with Crippen LogP contribution < -0.4 is 4.74 Å². The molecule has 0 bridgehead atoms. The monoisotopic (exact) mass is 276 g/mol. The predicted molar refractivity (Wildman–Crippen MR) is 81.9 cm³/mol. The Morgan fingerprint density at radius 3 is 2.55 bits per heavy atom. The Bertz CT molecular complexity index is 481. The van der Waals surface area contributed by atoms with Crippen molar-refractivity contribution in [3.63, 3.8) is 0 Å². The van der Waals surface area contributed by atoms with Gasteiger partial charge in [0.05, 0.1) is 7.11 Å². The highest BCUT2D eigenvalue weighted by Gasteiger charge is 2.16. The summed E-state index contributed by atoms with van der Waals surface area (Å²) in [7, 11) is 1.64. The molecule has 110 valence electrons. The van der Waals surface area contributed by atoms with E-state index in [1.807, 2.05) is 58.0 Å². The third kappa shape index (κ3) is 5.47. The fraction of sp³-hybridized carbons (Fsp3) is 0.471. The third-order valence-electron chi connectivity index (χ3n) is 2.71. The van der Waals surface area contributed by atoms with Gasteiger partial charge in [0.15, 0.2) is 0 Å². The summed E-state index contributed by atoms with van der Waals surface area (Å²) in [5.41, 5.74) is 1.77. The molecule has 0 heterocycles. The van der Waals surface area contributed by atoms with E-state index in [9.17, 15) is 4.79 Å². The lowest BCUT2D eigenvalue weighted by Gasteiger charge is -2.19. The molecule has 0 aliphatic carbocycles. The van der Waals surface area contributed by atoms with Gasteiger partial charge in [-0.05, 0) is 57.4 Å². The lowest BCUT2D eigenvalue weighted by Crippen LogP contribution is -2.24. The molecule has 20 heavy (non-hydrogen) atoms. The molecular formula is C17H24O3. The van der Waals surface area contributed by atoms with Crippen LogP contribution in [0.3, 0.4) is 0 Å². The van der Waals surface area contributed by atoms with Crippen molar-refractivity contribution in [3.8, 4) is 5.75 Å². The van der Waals surface area contributed by atoms with Crippen molar-refractivity contribution >= 4 is 12.0 Å². The first-order chi connectivity index (χ1) is 9.35. The molecule has 0 N–H and O–H groups in total. The van der Waals surface area contributed by atoms with Crippen LogP contribution in [0.4, 0.5) is 0 Å². The molecule has 0 atom stereocenters. The molecule has 0 radical (unpaired) electrons. The maximum Gasteiger partial charge on any atom is 0.306 e. The van der Waals surface area contributed by atoms with Crippen LogP contribution in [0.2, 0.25) is 0 Å². The molecule has 1 aromatic carbocycles. The number of esters is 1. The molecule has 0 aromatic heterocycles. The standard InChI is InChI=1S/C17H24O3/c1-6-7-13-8-10-15(19-5)12-14(13)9-11-16(18)20-17(2,3)4/h6-8,10,12H,9,11H2,1-5H3. The first kappa shape index (κ1) is 16.3. The van der Waals surface area contributed by atoms with Crippen LogP contribution in [0.15, 0.2) is 24.3 Å². The van der Waals surface area contributed by atoms with Crippen LogP contribution in [0, 0.1) is 0 Å². The van der Waals surface area contributed by atoms with Gasteiger partial charge in [0, 0.05) is 6.42 Å². The van der Waals surface area contributed by atoms with Crippen molar-refractivity contribution in [1.82, 2.24) is 0 Å². The molecule has 0 saturated carbocycles. The largest absolute Gasteiger partial charge is 0.497 e. The van der Waals surface area contributed by atoms with Crippen molar-refractivity contribution in [2.24, 2.45) is 0 Å². The first-order valence-electron chi connectivity index (χ1n) is 6.87. The molecule has 1 rings (SSSR count). The van der Waals surface area contributed by atoms with Crippen molar-refractivity contribution in [1.29, 1.82) is 0 Å². The second kappa shape index (κ2) is 7.13.